The van der Waals surface area contributed by atoms with E-state index in [0.717, 1.165) is 22.1 Å². The molecule has 33 heavy (non-hydrogen) atoms. The van der Waals surface area contributed by atoms with E-state index in [1.807, 2.05) is 0 Å². The summed E-state index contributed by atoms with van der Waals surface area (Å²) in [4.78, 5) is 39.2. The molecule has 1 atom stereocenters. The molecule has 10 heteroatoms. The van der Waals surface area contributed by atoms with E-state index in [0.29, 0.717) is 28.6 Å². The first-order valence-corrected chi connectivity index (χ1v) is 10.9. The van der Waals surface area contributed by atoms with E-state index < -0.39 is 17.2 Å². The third-order valence-corrected chi connectivity index (χ3v) is 5.57. The minimum absolute atomic E-state index is 0.0666. The fraction of sp³-hybridized carbons (Fsp3) is 0.304. The first-order valence-electron chi connectivity index (χ1n) is 10.5. The van der Waals surface area contributed by atoms with Crippen LogP contribution in [-0.4, -0.2) is 46.6 Å². The molecule has 0 aliphatic carbocycles. The summed E-state index contributed by atoms with van der Waals surface area (Å²) < 4.78 is 12.7. The number of nitrogens with zero attached hydrogens (tertiary/aromatic N) is 3. The van der Waals surface area contributed by atoms with Gasteiger partial charge >= 0.3 is 5.69 Å². The lowest BCUT2D eigenvalue weighted by atomic mass is 10.2. The van der Waals surface area contributed by atoms with Crippen LogP contribution in [0.15, 0.2) is 58.1 Å². The zero-order valence-corrected chi connectivity index (χ0v) is 18.7. The molecule has 4 rings (SSSR count). The van der Waals surface area contributed by atoms with Crippen LogP contribution in [0.5, 0.6) is 5.75 Å². The van der Waals surface area contributed by atoms with Gasteiger partial charge in [-0.2, -0.15) is 9.78 Å². The van der Waals surface area contributed by atoms with Crippen molar-refractivity contribution in [3.8, 4) is 11.4 Å². The molecule has 0 saturated carbocycles. The van der Waals surface area contributed by atoms with Gasteiger partial charge in [0.25, 0.3) is 11.5 Å². The molecule has 2 heterocycles. The Morgan fingerprint density at radius 1 is 1.24 bits per heavy atom. The molecular weight excluding hydrogens is 448 g/mol. The number of hydrogen-bond donors (Lipinski definition) is 1. The number of halogens is 1. The lowest BCUT2D eigenvalue weighted by Crippen LogP contribution is -2.46. The van der Waals surface area contributed by atoms with Crippen LogP contribution in [0, 0.1) is 0 Å². The van der Waals surface area contributed by atoms with Gasteiger partial charge in [0.15, 0.2) is 0 Å². The molecule has 0 bridgehead atoms. The molecular formula is C23H23ClN4O5. The monoisotopic (exact) mass is 470 g/mol. The van der Waals surface area contributed by atoms with Gasteiger partial charge in [-0.1, -0.05) is 23.7 Å². The summed E-state index contributed by atoms with van der Waals surface area (Å²) in [6, 6.07) is 13.4. The molecule has 1 N–H and O–H groups in total. The highest BCUT2D eigenvalue weighted by atomic mass is 35.5. The van der Waals surface area contributed by atoms with Crippen LogP contribution in [0.1, 0.15) is 28.9 Å². The van der Waals surface area contributed by atoms with Crippen LogP contribution in [-0.2, 0) is 11.3 Å². The summed E-state index contributed by atoms with van der Waals surface area (Å²) >= 11 is 6.06. The number of carbonyl (C=O) groups excluding carboxylic acids is 1. The Morgan fingerprint density at radius 3 is 2.70 bits per heavy atom. The number of nitrogens with one attached hydrogen (secondary N) is 1. The zero-order chi connectivity index (χ0) is 23.4. The average molecular weight is 471 g/mol. The van der Waals surface area contributed by atoms with E-state index in [-0.39, 0.29) is 24.9 Å². The lowest BCUT2D eigenvalue weighted by Gasteiger charge is -2.14. The Morgan fingerprint density at radius 2 is 2.03 bits per heavy atom. The SMILES string of the molecule is COc1ccc(-n2nc(C(=O)NCC3CCCO3)c(=O)n(Cc3cccc(Cl)c3)c2=O)cc1. The van der Waals surface area contributed by atoms with Crippen molar-refractivity contribution < 1.29 is 14.3 Å². The summed E-state index contributed by atoms with van der Waals surface area (Å²) in [6.45, 7) is 0.840. The highest BCUT2D eigenvalue weighted by Gasteiger charge is 2.22. The van der Waals surface area contributed by atoms with Crippen LogP contribution in [0.3, 0.4) is 0 Å². The third-order valence-electron chi connectivity index (χ3n) is 5.34. The Balaban J connectivity index is 1.76. The highest BCUT2D eigenvalue weighted by Crippen LogP contribution is 2.14. The maximum Gasteiger partial charge on any atom is 0.352 e. The Kier molecular flexibility index (Phi) is 6.90. The Bertz CT molecular complexity index is 1260. The smallest absolute Gasteiger partial charge is 0.352 e. The highest BCUT2D eigenvalue weighted by molar-refractivity contribution is 6.30. The van der Waals surface area contributed by atoms with Gasteiger partial charge in [-0.3, -0.25) is 14.2 Å². The van der Waals surface area contributed by atoms with Crippen molar-refractivity contribution in [2.45, 2.75) is 25.5 Å². The number of ether oxygens (including phenoxy) is 2. The average Bonchev–Trinajstić information content (AvgIpc) is 3.34. The number of benzene rings is 2. The molecule has 0 spiro atoms. The van der Waals surface area contributed by atoms with Gasteiger partial charge in [0.05, 0.1) is 25.4 Å². The van der Waals surface area contributed by atoms with Crippen LogP contribution in [0.4, 0.5) is 0 Å². The topological polar surface area (TPSA) is 104 Å². The Hall–Kier alpha value is -3.43. The van der Waals surface area contributed by atoms with Crippen molar-refractivity contribution in [3.63, 3.8) is 0 Å². The summed E-state index contributed by atoms with van der Waals surface area (Å²) in [5.74, 6) is -0.0776. The third kappa shape index (κ3) is 5.15. The molecule has 1 aliphatic heterocycles. The summed E-state index contributed by atoms with van der Waals surface area (Å²) in [5.41, 5.74) is -0.824. The van der Waals surface area contributed by atoms with Crippen molar-refractivity contribution in [3.05, 3.63) is 85.6 Å². The second-order valence-corrected chi connectivity index (χ2v) is 8.04. The molecule has 9 nitrogen and oxygen atoms in total. The zero-order valence-electron chi connectivity index (χ0n) is 18.0. The number of carbonyl (C=O) groups is 1. The Labute approximate surface area is 194 Å². The molecule has 172 valence electrons. The predicted molar refractivity (Wildman–Crippen MR) is 123 cm³/mol. The predicted octanol–water partition coefficient (Wildman–Crippen LogP) is 2.01. The summed E-state index contributed by atoms with van der Waals surface area (Å²) in [6.07, 6.45) is 1.65. The fourth-order valence-electron chi connectivity index (χ4n) is 3.60. The largest absolute Gasteiger partial charge is 0.497 e. The molecule has 1 unspecified atom stereocenters. The number of rotatable bonds is 7. The molecule has 1 saturated heterocycles. The van der Waals surface area contributed by atoms with Crippen LogP contribution >= 0.6 is 11.6 Å². The second kappa shape index (κ2) is 10.0. The summed E-state index contributed by atoms with van der Waals surface area (Å²) in [7, 11) is 1.53. The van der Waals surface area contributed by atoms with E-state index in [9.17, 15) is 14.4 Å². The molecule has 0 radical (unpaired) electrons. The normalized spacial score (nSPS) is 15.4. The van der Waals surface area contributed by atoms with Gasteiger partial charge in [-0.25, -0.2) is 4.79 Å². The maximum absolute atomic E-state index is 13.2. The first kappa shape index (κ1) is 22.8. The van der Waals surface area contributed by atoms with E-state index in [1.165, 1.54) is 7.11 Å². The molecule has 2 aromatic carbocycles. The van der Waals surface area contributed by atoms with Gasteiger partial charge in [0.1, 0.15) is 5.75 Å². The van der Waals surface area contributed by atoms with Crippen molar-refractivity contribution in [1.29, 1.82) is 0 Å². The molecule has 1 aliphatic rings. The quantitative estimate of drug-likeness (QED) is 0.566. The van der Waals surface area contributed by atoms with Crippen molar-refractivity contribution in [2.75, 3.05) is 20.3 Å². The van der Waals surface area contributed by atoms with E-state index in [4.69, 9.17) is 21.1 Å². The van der Waals surface area contributed by atoms with Crippen LogP contribution < -0.4 is 21.3 Å². The van der Waals surface area contributed by atoms with Gasteiger partial charge in [-0.05, 0) is 54.8 Å². The van der Waals surface area contributed by atoms with E-state index in [1.54, 1.807) is 48.5 Å². The van der Waals surface area contributed by atoms with Gasteiger partial charge < -0.3 is 14.8 Å². The molecule has 1 fully saturated rings. The molecule has 1 aromatic heterocycles. The number of methoxy groups -OCH3 is 1. The minimum atomic E-state index is -0.783. The maximum atomic E-state index is 13.2. The van der Waals surface area contributed by atoms with Crippen molar-refractivity contribution in [1.82, 2.24) is 19.7 Å². The van der Waals surface area contributed by atoms with Gasteiger partial charge in [0, 0.05) is 18.2 Å². The number of aromatic nitrogens is 3. The number of hydrogen-bond acceptors (Lipinski definition) is 6. The van der Waals surface area contributed by atoms with Crippen LogP contribution in [0.2, 0.25) is 5.02 Å². The molecule has 1 amide bonds. The standard InChI is InChI=1S/C23H23ClN4O5/c1-32-18-9-7-17(8-10-18)28-23(31)27(14-15-4-2-5-16(24)12-15)22(30)20(26-28)21(29)25-13-19-6-3-11-33-19/h2,4-5,7-10,12,19H,3,6,11,13-14H2,1H3,(H,25,29). The minimum Gasteiger partial charge on any atom is -0.497 e. The van der Waals surface area contributed by atoms with Gasteiger partial charge in [0.2, 0.25) is 5.69 Å². The van der Waals surface area contributed by atoms with Crippen molar-refractivity contribution >= 4 is 17.5 Å². The van der Waals surface area contributed by atoms with Crippen molar-refractivity contribution in [2.24, 2.45) is 0 Å². The lowest BCUT2D eigenvalue weighted by molar-refractivity contribution is 0.0849. The summed E-state index contributed by atoms with van der Waals surface area (Å²) in [5, 5.41) is 7.29. The fourth-order valence-corrected chi connectivity index (χ4v) is 3.81. The van der Waals surface area contributed by atoms with E-state index >= 15 is 0 Å². The first-order chi connectivity index (χ1) is 16.0. The van der Waals surface area contributed by atoms with Gasteiger partial charge in [-0.15, -0.1) is 0 Å². The molecule has 3 aromatic rings. The van der Waals surface area contributed by atoms with Crippen LogP contribution in [0.25, 0.3) is 5.69 Å². The second-order valence-electron chi connectivity index (χ2n) is 7.61. The number of amides is 1. The van der Waals surface area contributed by atoms with E-state index in [2.05, 4.69) is 10.4 Å².